The van der Waals surface area contributed by atoms with Crippen LogP contribution in [0.5, 0.6) is 0 Å². The molecule has 2 saturated carbocycles. The highest BCUT2D eigenvalue weighted by Crippen LogP contribution is 2.65. The SMILES string of the molecule is Cc1cc(NC(=O)c2ccc(N3C(=O)C4C5C=CC(C6CC56)C4C3=O)cc2)c(C)cc1Br. The zero-order valence-corrected chi connectivity index (χ0v) is 19.4. The van der Waals surface area contributed by atoms with Gasteiger partial charge in [0.25, 0.3) is 5.91 Å². The zero-order valence-electron chi connectivity index (χ0n) is 17.8. The van der Waals surface area contributed by atoms with Gasteiger partial charge in [-0.2, -0.15) is 0 Å². The summed E-state index contributed by atoms with van der Waals surface area (Å²) in [6.07, 6.45) is 5.50. The average Bonchev–Trinajstić information content (AvgIpc) is 3.55. The van der Waals surface area contributed by atoms with Crippen molar-refractivity contribution in [3.05, 3.63) is 69.7 Å². The number of allylic oxidation sites excluding steroid dienone is 2. The fourth-order valence-corrected chi connectivity index (χ4v) is 6.54. The molecule has 6 atom stereocenters. The maximum absolute atomic E-state index is 13.2. The van der Waals surface area contributed by atoms with E-state index in [0.29, 0.717) is 23.1 Å². The minimum Gasteiger partial charge on any atom is -0.322 e. The maximum atomic E-state index is 13.2. The highest BCUT2D eigenvalue weighted by atomic mass is 79.9. The summed E-state index contributed by atoms with van der Waals surface area (Å²) in [5.74, 6) is 0.764. The molecule has 0 radical (unpaired) electrons. The summed E-state index contributed by atoms with van der Waals surface area (Å²) in [5.41, 5.74) is 3.79. The molecule has 6 heteroatoms. The third kappa shape index (κ3) is 2.78. The van der Waals surface area contributed by atoms with Crippen LogP contribution < -0.4 is 10.2 Å². The second kappa shape index (κ2) is 6.88. The standard InChI is InChI=1S/C26H23BrN2O3/c1-12-10-21(13(2)9-20(12)27)28-24(30)14-3-5-15(6-4-14)29-25(31)22-16-7-8-17(19-11-18(16)19)23(22)26(29)32/h3-10,16-19,22-23H,11H2,1-2H3,(H,28,30). The zero-order chi connectivity index (χ0) is 22.3. The number of rotatable bonds is 3. The fourth-order valence-electron chi connectivity index (χ4n) is 6.08. The number of nitrogens with one attached hydrogen (secondary N) is 1. The van der Waals surface area contributed by atoms with Crippen LogP contribution in [0, 0.1) is 49.4 Å². The summed E-state index contributed by atoms with van der Waals surface area (Å²) in [5, 5.41) is 2.96. The molecule has 2 bridgehead atoms. The first-order valence-corrected chi connectivity index (χ1v) is 11.9. The third-order valence-electron chi connectivity index (χ3n) is 7.80. The highest BCUT2D eigenvalue weighted by Gasteiger charge is 2.67. The van der Waals surface area contributed by atoms with Crippen LogP contribution >= 0.6 is 15.9 Å². The number of carbonyl (C=O) groups excluding carboxylic acids is 3. The van der Waals surface area contributed by atoms with Gasteiger partial charge in [0.05, 0.1) is 17.5 Å². The molecule has 1 saturated heterocycles. The molecule has 2 aromatic carbocycles. The van der Waals surface area contributed by atoms with E-state index in [9.17, 15) is 14.4 Å². The molecule has 6 unspecified atom stereocenters. The summed E-state index contributed by atoms with van der Waals surface area (Å²) in [6.45, 7) is 3.92. The Bertz CT molecular complexity index is 1180. The number of amides is 3. The summed E-state index contributed by atoms with van der Waals surface area (Å²) in [4.78, 5) is 40.6. The lowest BCUT2D eigenvalue weighted by molar-refractivity contribution is -0.124. The van der Waals surface area contributed by atoms with Gasteiger partial charge in [-0.15, -0.1) is 0 Å². The second-order valence-corrected chi connectivity index (χ2v) is 10.4. The van der Waals surface area contributed by atoms with E-state index in [2.05, 4.69) is 33.4 Å². The molecule has 4 aliphatic carbocycles. The van der Waals surface area contributed by atoms with E-state index in [0.717, 1.165) is 27.7 Å². The van der Waals surface area contributed by atoms with E-state index in [1.54, 1.807) is 24.3 Å². The molecule has 5 nitrogen and oxygen atoms in total. The van der Waals surface area contributed by atoms with Crippen LogP contribution in [-0.2, 0) is 9.59 Å². The van der Waals surface area contributed by atoms with E-state index < -0.39 is 0 Å². The van der Waals surface area contributed by atoms with Crippen LogP contribution in [0.2, 0.25) is 0 Å². The van der Waals surface area contributed by atoms with Crippen LogP contribution in [0.3, 0.4) is 0 Å². The molecule has 32 heavy (non-hydrogen) atoms. The van der Waals surface area contributed by atoms with Gasteiger partial charge in [0.15, 0.2) is 0 Å². The van der Waals surface area contributed by atoms with Crippen LogP contribution in [0.15, 0.2) is 53.0 Å². The number of hydrogen-bond acceptors (Lipinski definition) is 3. The summed E-state index contributed by atoms with van der Waals surface area (Å²) < 4.78 is 0.999. The number of carbonyl (C=O) groups is 3. The number of benzene rings is 2. The Morgan fingerprint density at radius 3 is 2.12 bits per heavy atom. The molecular formula is C26H23BrN2O3. The number of halogens is 1. The number of anilines is 2. The molecule has 3 fully saturated rings. The smallest absolute Gasteiger partial charge is 0.255 e. The normalized spacial score (nSPS) is 31.5. The Morgan fingerprint density at radius 2 is 1.53 bits per heavy atom. The van der Waals surface area contributed by atoms with Crippen molar-refractivity contribution in [3.63, 3.8) is 0 Å². The largest absolute Gasteiger partial charge is 0.322 e. The molecule has 3 amide bonds. The third-order valence-corrected chi connectivity index (χ3v) is 8.66. The Kier molecular flexibility index (Phi) is 4.28. The molecule has 2 aromatic rings. The minimum absolute atomic E-state index is 0.0807. The summed E-state index contributed by atoms with van der Waals surface area (Å²) in [6, 6.07) is 10.7. The van der Waals surface area contributed by atoms with Gasteiger partial charge in [-0.25, -0.2) is 0 Å². The second-order valence-electron chi connectivity index (χ2n) is 9.58. The lowest BCUT2D eigenvalue weighted by atomic mass is 9.63. The van der Waals surface area contributed by atoms with Crippen molar-refractivity contribution in [3.8, 4) is 0 Å². The predicted molar refractivity (Wildman–Crippen MR) is 125 cm³/mol. The number of imide groups is 1. The molecule has 1 aliphatic heterocycles. The van der Waals surface area contributed by atoms with E-state index >= 15 is 0 Å². The van der Waals surface area contributed by atoms with Crippen LogP contribution in [0.25, 0.3) is 0 Å². The van der Waals surface area contributed by atoms with Gasteiger partial charge in [-0.3, -0.25) is 19.3 Å². The Balaban J connectivity index is 1.23. The number of nitrogens with zero attached hydrogens (tertiary/aromatic N) is 1. The van der Waals surface area contributed by atoms with E-state index in [-0.39, 0.29) is 41.4 Å². The first-order valence-electron chi connectivity index (χ1n) is 11.1. The van der Waals surface area contributed by atoms with Crippen molar-refractivity contribution in [2.75, 3.05) is 10.2 Å². The van der Waals surface area contributed by atoms with Crippen molar-refractivity contribution in [1.29, 1.82) is 0 Å². The van der Waals surface area contributed by atoms with Gasteiger partial charge < -0.3 is 5.32 Å². The lowest BCUT2D eigenvalue weighted by Gasteiger charge is -2.37. The van der Waals surface area contributed by atoms with E-state index in [1.807, 2.05) is 26.0 Å². The minimum atomic E-state index is -0.226. The highest BCUT2D eigenvalue weighted by molar-refractivity contribution is 9.10. The lowest BCUT2D eigenvalue weighted by Crippen LogP contribution is -2.40. The molecule has 1 N–H and O–H groups in total. The molecule has 7 rings (SSSR count). The van der Waals surface area contributed by atoms with Crippen molar-refractivity contribution >= 4 is 45.0 Å². The molecule has 0 aromatic heterocycles. The number of hydrogen-bond donors (Lipinski definition) is 1. The van der Waals surface area contributed by atoms with Gasteiger partial charge in [0, 0.05) is 15.7 Å². The fraction of sp³-hybridized carbons (Fsp3) is 0.346. The molecule has 162 valence electrons. The summed E-state index contributed by atoms with van der Waals surface area (Å²) >= 11 is 3.50. The number of aryl methyl sites for hydroxylation is 2. The van der Waals surface area contributed by atoms with E-state index in [1.165, 1.54) is 4.90 Å². The predicted octanol–water partition coefficient (Wildman–Crippen LogP) is 4.88. The van der Waals surface area contributed by atoms with Gasteiger partial charge in [0.2, 0.25) is 11.8 Å². The van der Waals surface area contributed by atoms with Crippen LogP contribution in [0.1, 0.15) is 27.9 Å². The molecule has 1 heterocycles. The topological polar surface area (TPSA) is 66.5 Å². The monoisotopic (exact) mass is 490 g/mol. The first-order chi connectivity index (χ1) is 15.3. The molecule has 5 aliphatic rings. The van der Waals surface area contributed by atoms with Crippen LogP contribution in [0.4, 0.5) is 11.4 Å². The molecule has 0 spiro atoms. The average molecular weight is 491 g/mol. The molecular weight excluding hydrogens is 468 g/mol. The quantitative estimate of drug-likeness (QED) is 0.492. The van der Waals surface area contributed by atoms with Gasteiger partial charge >= 0.3 is 0 Å². The van der Waals surface area contributed by atoms with Crippen molar-refractivity contribution in [2.45, 2.75) is 20.3 Å². The maximum Gasteiger partial charge on any atom is 0.255 e. The Morgan fingerprint density at radius 1 is 0.938 bits per heavy atom. The first kappa shape index (κ1) is 19.9. The summed E-state index contributed by atoms with van der Waals surface area (Å²) in [7, 11) is 0. The Hall–Kier alpha value is -2.73. The van der Waals surface area contributed by atoms with E-state index in [4.69, 9.17) is 0 Å². The van der Waals surface area contributed by atoms with Crippen molar-refractivity contribution < 1.29 is 14.4 Å². The van der Waals surface area contributed by atoms with Gasteiger partial charge in [-0.05, 0) is 91.5 Å². The van der Waals surface area contributed by atoms with Gasteiger partial charge in [0.1, 0.15) is 0 Å². The Labute approximate surface area is 195 Å². The van der Waals surface area contributed by atoms with Gasteiger partial charge in [-0.1, -0.05) is 28.1 Å². The van der Waals surface area contributed by atoms with Crippen molar-refractivity contribution in [2.24, 2.45) is 35.5 Å². The van der Waals surface area contributed by atoms with Crippen molar-refractivity contribution in [1.82, 2.24) is 0 Å². The van der Waals surface area contributed by atoms with Crippen LogP contribution in [-0.4, -0.2) is 17.7 Å².